The maximum Gasteiger partial charge on any atom is 0.177 e. The lowest BCUT2D eigenvalue weighted by atomic mass is 10.7. The zero-order valence-corrected chi connectivity index (χ0v) is 9.77. The van der Waals surface area contributed by atoms with Crippen LogP contribution in [0.5, 0.6) is 0 Å². The lowest BCUT2D eigenvalue weighted by molar-refractivity contribution is 1.26. The van der Waals surface area contributed by atoms with Gasteiger partial charge in [0.25, 0.3) is 0 Å². The average molecular weight is 212 g/mol. The highest BCUT2D eigenvalue weighted by Crippen LogP contribution is 1.99. The molecule has 2 heterocycles. The molecule has 5 heteroatoms. The van der Waals surface area contributed by atoms with Gasteiger partial charge in [0.2, 0.25) is 0 Å². The highest BCUT2D eigenvalue weighted by atomic mass is 32.1. The van der Waals surface area contributed by atoms with Crippen LogP contribution in [0.3, 0.4) is 0 Å². The molecule has 0 aromatic carbocycles. The normalized spacial score (nSPS) is 8.29. The number of nitrogens with one attached hydrogen (secondary N) is 2. The molecule has 0 aliphatic carbocycles. The molecule has 2 N–H and O–H groups in total. The van der Waals surface area contributed by atoms with Gasteiger partial charge in [0.05, 0.1) is 0 Å². The second kappa shape index (κ2) is 7.20. The molecule has 0 aliphatic rings. The smallest absolute Gasteiger partial charge is 0.177 e. The zero-order valence-electron chi connectivity index (χ0n) is 8.96. The fourth-order valence-electron chi connectivity index (χ4n) is 0.767. The van der Waals surface area contributed by atoms with Crippen molar-refractivity contribution in [1.29, 1.82) is 0 Å². The van der Waals surface area contributed by atoms with E-state index in [4.69, 9.17) is 12.2 Å². The van der Waals surface area contributed by atoms with Crippen molar-refractivity contribution >= 4 is 23.5 Å². The molecule has 2 aromatic heterocycles. The van der Waals surface area contributed by atoms with Crippen molar-refractivity contribution in [2.45, 2.75) is 27.7 Å². The predicted molar refractivity (Wildman–Crippen MR) is 61.8 cm³/mol. The molecule has 0 aliphatic heterocycles. The van der Waals surface area contributed by atoms with E-state index in [2.05, 4.69) is 19.9 Å². The lowest BCUT2D eigenvalue weighted by Crippen LogP contribution is -1.77. The Labute approximate surface area is 88.8 Å². The number of aromatic nitrogens is 4. The number of hydrogen-bond acceptors (Lipinski definition) is 3. The quantitative estimate of drug-likeness (QED) is 0.660. The van der Waals surface area contributed by atoms with Crippen LogP contribution in [0.25, 0.3) is 11.3 Å². The zero-order chi connectivity index (χ0) is 11.0. The Morgan fingerprint density at radius 3 is 1.64 bits per heavy atom. The van der Waals surface area contributed by atoms with Crippen LogP contribution in [0.1, 0.15) is 27.7 Å². The third-order valence-electron chi connectivity index (χ3n) is 1.16. The summed E-state index contributed by atoms with van der Waals surface area (Å²) in [4.78, 5) is 13.7. The molecule has 14 heavy (non-hydrogen) atoms. The minimum Gasteiger partial charge on any atom is -0.314 e. The first kappa shape index (κ1) is 12.8. The fraction of sp³-hybridized carbons (Fsp3) is 0.444. The molecular formula is C9H16N4S. The van der Waals surface area contributed by atoms with Gasteiger partial charge in [-0.2, -0.15) is 0 Å². The van der Waals surface area contributed by atoms with Gasteiger partial charge in [0, 0.05) is 12.4 Å². The van der Waals surface area contributed by atoms with Crippen molar-refractivity contribution in [1.82, 2.24) is 19.9 Å². The molecule has 0 spiro atoms. The molecule has 0 saturated carbocycles. The van der Waals surface area contributed by atoms with Crippen LogP contribution in [-0.2, 0) is 0 Å². The summed E-state index contributed by atoms with van der Waals surface area (Å²) < 4.78 is 0.557. The van der Waals surface area contributed by atoms with Gasteiger partial charge in [-0.3, -0.25) is 0 Å². The van der Waals surface area contributed by atoms with Gasteiger partial charge in [-0.15, -0.1) is 0 Å². The Morgan fingerprint density at radius 2 is 1.29 bits per heavy atom. The van der Waals surface area contributed by atoms with Crippen LogP contribution in [-0.4, -0.2) is 19.9 Å². The van der Waals surface area contributed by atoms with E-state index in [1.165, 1.54) is 0 Å². The second-order valence-corrected chi connectivity index (χ2v) is 2.24. The van der Waals surface area contributed by atoms with Crippen LogP contribution in [0.15, 0.2) is 12.4 Å². The summed E-state index contributed by atoms with van der Waals surface area (Å²) in [5.74, 6) is 0. The summed E-state index contributed by atoms with van der Waals surface area (Å²) in [7, 11) is 0. The first-order valence-electron chi connectivity index (χ1n) is 4.75. The van der Waals surface area contributed by atoms with Gasteiger partial charge in [-0.1, -0.05) is 27.7 Å². The Bertz CT molecular complexity index is 368. The van der Waals surface area contributed by atoms with Crippen molar-refractivity contribution < 1.29 is 0 Å². The van der Waals surface area contributed by atoms with Gasteiger partial charge >= 0.3 is 0 Å². The molecule has 0 bridgehead atoms. The second-order valence-electron chi connectivity index (χ2n) is 1.83. The summed E-state index contributed by atoms with van der Waals surface area (Å²) in [5.41, 5.74) is 1.40. The van der Waals surface area contributed by atoms with Crippen molar-refractivity contribution in [2.24, 2.45) is 0 Å². The van der Waals surface area contributed by atoms with Crippen LogP contribution in [0.4, 0.5) is 0 Å². The summed E-state index contributed by atoms with van der Waals surface area (Å²) in [6.45, 7) is 8.00. The molecule has 0 amide bonds. The number of rotatable bonds is 0. The van der Waals surface area contributed by atoms with E-state index in [-0.39, 0.29) is 0 Å². The van der Waals surface area contributed by atoms with E-state index < -0.39 is 0 Å². The monoisotopic (exact) mass is 212 g/mol. The SMILES string of the molecule is CC.CC.S=c1[nH]c2nccnc2[nH]1. The number of fused-ring (bicyclic) bond motifs is 1. The number of imidazole rings is 1. The third kappa shape index (κ3) is 3.26. The van der Waals surface area contributed by atoms with Gasteiger partial charge < -0.3 is 9.97 Å². The van der Waals surface area contributed by atoms with E-state index in [1.807, 2.05) is 27.7 Å². The standard InChI is InChI=1S/C5H4N4S.2C2H6/c10-5-8-3-4(9-5)7-2-1-6-3;2*1-2/h1-2H,(H2,6,7,8,9,10);2*1-2H3. The van der Waals surface area contributed by atoms with E-state index >= 15 is 0 Å². The van der Waals surface area contributed by atoms with Crippen LogP contribution in [0.2, 0.25) is 0 Å². The lowest BCUT2D eigenvalue weighted by Gasteiger charge is -1.80. The molecule has 0 unspecified atom stereocenters. The first-order valence-corrected chi connectivity index (χ1v) is 5.16. The Balaban J connectivity index is 0.000000379. The van der Waals surface area contributed by atoms with E-state index in [0.717, 1.165) is 0 Å². The molecule has 0 fully saturated rings. The molecule has 0 saturated heterocycles. The number of hydrogen-bond donors (Lipinski definition) is 2. The minimum absolute atomic E-state index is 0.557. The molecule has 4 nitrogen and oxygen atoms in total. The third-order valence-corrected chi connectivity index (χ3v) is 1.37. The number of H-pyrrole nitrogens is 2. The molecular weight excluding hydrogens is 196 g/mol. The van der Waals surface area contributed by atoms with E-state index in [9.17, 15) is 0 Å². The van der Waals surface area contributed by atoms with Gasteiger partial charge in [0.1, 0.15) is 0 Å². The maximum absolute atomic E-state index is 4.82. The van der Waals surface area contributed by atoms with Crippen LogP contribution >= 0.6 is 12.2 Å². The summed E-state index contributed by atoms with van der Waals surface area (Å²) in [6, 6.07) is 0. The fourth-order valence-corrected chi connectivity index (χ4v) is 0.961. The van der Waals surface area contributed by atoms with Crippen molar-refractivity contribution in [3.8, 4) is 0 Å². The highest BCUT2D eigenvalue weighted by molar-refractivity contribution is 7.71. The minimum atomic E-state index is 0.557. The topological polar surface area (TPSA) is 57.4 Å². The summed E-state index contributed by atoms with van der Waals surface area (Å²) >= 11 is 4.82. The van der Waals surface area contributed by atoms with Crippen molar-refractivity contribution in [3.05, 3.63) is 17.2 Å². The first-order chi connectivity index (χ1) is 6.86. The largest absolute Gasteiger partial charge is 0.314 e. The Hall–Kier alpha value is -1.23. The molecule has 0 atom stereocenters. The molecule has 2 aromatic rings. The van der Waals surface area contributed by atoms with E-state index in [1.54, 1.807) is 12.4 Å². The van der Waals surface area contributed by atoms with Crippen molar-refractivity contribution in [2.75, 3.05) is 0 Å². The summed E-state index contributed by atoms with van der Waals surface area (Å²) in [6.07, 6.45) is 3.23. The van der Waals surface area contributed by atoms with Crippen LogP contribution < -0.4 is 0 Å². The molecule has 0 radical (unpaired) electrons. The maximum atomic E-state index is 4.82. The Kier molecular flexibility index (Phi) is 6.57. The summed E-state index contributed by atoms with van der Waals surface area (Å²) in [5, 5.41) is 0. The molecule has 78 valence electrons. The van der Waals surface area contributed by atoms with Gasteiger partial charge in [-0.05, 0) is 12.2 Å². The highest BCUT2D eigenvalue weighted by Gasteiger charge is 1.93. The van der Waals surface area contributed by atoms with Crippen LogP contribution in [0, 0.1) is 4.77 Å². The predicted octanol–water partition coefficient (Wildman–Crippen LogP) is 3.07. The number of nitrogens with zero attached hydrogens (tertiary/aromatic N) is 2. The number of aromatic amines is 2. The van der Waals surface area contributed by atoms with Gasteiger partial charge in [-0.25, -0.2) is 9.97 Å². The van der Waals surface area contributed by atoms with E-state index in [0.29, 0.717) is 16.1 Å². The Morgan fingerprint density at radius 1 is 0.929 bits per heavy atom. The van der Waals surface area contributed by atoms with Gasteiger partial charge in [0.15, 0.2) is 16.1 Å². The average Bonchev–Trinajstić information content (AvgIpc) is 2.64. The molecule has 2 rings (SSSR count). The van der Waals surface area contributed by atoms with Crippen molar-refractivity contribution in [3.63, 3.8) is 0 Å².